The van der Waals surface area contributed by atoms with Crippen LogP contribution in [-0.2, 0) is 11.2 Å². The lowest BCUT2D eigenvalue weighted by Gasteiger charge is -2.08. The number of aromatic nitrogens is 2. The van der Waals surface area contributed by atoms with E-state index in [9.17, 15) is 4.79 Å². The molecule has 0 atom stereocenters. The molecule has 1 aromatic heterocycles. The van der Waals surface area contributed by atoms with E-state index in [1.807, 2.05) is 48.5 Å². The molecule has 152 valence electrons. The SMILES string of the molecule is COc1ccc(OCCNC(=O)CCc2nc(-c3ccc(OC)cc3)no2)cc1. The molecule has 0 bridgehead atoms. The molecule has 1 N–H and O–H groups in total. The van der Waals surface area contributed by atoms with Crippen LogP contribution in [0.1, 0.15) is 12.3 Å². The van der Waals surface area contributed by atoms with E-state index in [0.717, 1.165) is 22.8 Å². The fourth-order valence-electron chi connectivity index (χ4n) is 2.55. The number of rotatable bonds is 10. The second kappa shape index (κ2) is 10.1. The first-order valence-electron chi connectivity index (χ1n) is 9.18. The van der Waals surface area contributed by atoms with Crippen LogP contribution in [0.15, 0.2) is 53.1 Å². The molecule has 8 heteroatoms. The lowest BCUT2D eigenvalue weighted by atomic mass is 10.2. The Morgan fingerprint density at radius 1 is 0.966 bits per heavy atom. The molecule has 0 saturated heterocycles. The number of nitrogens with one attached hydrogen (secondary N) is 1. The van der Waals surface area contributed by atoms with Gasteiger partial charge in [0.1, 0.15) is 23.9 Å². The van der Waals surface area contributed by atoms with Crippen molar-refractivity contribution >= 4 is 5.91 Å². The van der Waals surface area contributed by atoms with Gasteiger partial charge in [-0.05, 0) is 48.5 Å². The number of hydrogen-bond acceptors (Lipinski definition) is 7. The highest BCUT2D eigenvalue weighted by Crippen LogP contribution is 2.20. The van der Waals surface area contributed by atoms with Gasteiger partial charge >= 0.3 is 0 Å². The summed E-state index contributed by atoms with van der Waals surface area (Å²) in [6.07, 6.45) is 0.626. The molecule has 3 rings (SSSR count). The monoisotopic (exact) mass is 397 g/mol. The first-order valence-corrected chi connectivity index (χ1v) is 9.18. The quantitative estimate of drug-likeness (QED) is 0.526. The summed E-state index contributed by atoms with van der Waals surface area (Å²) in [7, 11) is 3.22. The Morgan fingerprint density at radius 3 is 2.24 bits per heavy atom. The lowest BCUT2D eigenvalue weighted by molar-refractivity contribution is -0.121. The first-order chi connectivity index (χ1) is 14.2. The largest absolute Gasteiger partial charge is 0.497 e. The first kappa shape index (κ1) is 20.2. The highest BCUT2D eigenvalue weighted by molar-refractivity contribution is 5.76. The fraction of sp³-hybridized carbons (Fsp3) is 0.286. The summed E-state index contributed by atoms with van der Waals surface area (Å²) >= 11 is 0. The van der Waals surface area contributed by atoms with E-state index in [4.69, 9.17) is 18.7 Å². The van der Waals surface area contributed by atoms with Crippen LogP contribution in [0.4, 0.5) is 0 Å². The van der Waals surface area contributed by atoms with Gasteiger partial charge in [-0.25, -0.2) is 0 Å². The van der Waals surface area contributed by atoms with E-state index in [1.165, 1.54) is 0 Å². The smallest absolute Gasteiger partial charge is 0.227 e. The van der Waals surface area contributed by atoms with Crippen molar-refractivity contribution in [1.82, 2.24) is 15.5 Å². The van der Waals surface area contributed by atoms with Gasteiger partial charge in [0.25, 0.3) is 0 Å². The van der Waals surface area contributed by atoms with Gasteiger partial charge in [0.15, 0.2) is 0 Å². The van der Waals surface area contributed by atoms with Crippen LogP contribution in [0.3, 0.4) is 0 Å². The number of aryl methyl sites for hydroxylation is 1. The molecule has 8 nitrogen and oxygen atoms in total. The van der Waals surface area contributed by atoms with Crippen LogP contribution in [-0.4, -0.2) is 43.4 Å². The van der Waals surface area contributed by atoms with E-state index in [2.05, 4.69) is 15.5 Å². The maximum atomic E-state index is 12.0. The Bertz CT molecular complexity index is 907. The average molecular weight is 397 g/mol. The van der Waals surface area contributed by atoms with Crippen molar-refractivity contribution in [2.45, 2.75) is 12.8 Å². The summed E-state index contributed by atoms with van der Waals surface area (Å²) in [6, 6.07) is 14.6. The summed E-state index contributed by atoms with van der Waals surface area (Å²) in [6.45, 7) is 0.784. The van der Waals surface area contributed by atoms with Crippen LogP contribution in [0, 0.1) is 0 Å². The molecule has 0 spiro atoms. The van der Waals surface area contributed by atoms with Crippen molar-refractivity contribution in [2.24, 2.45) is 0 Å². The fourth-order valence-corrected chi connectivity index (χ4v) is 2.55. The number of benzene rings is 2. The predicted octanol–water partition coefficient (Wildman–Crippen LogP) is 2.88. The molecular weight excluding hydrogens is 374 g/mol. The number of carbonyl (C=O) groups excluding carboxylic acids is 1. The van der Waals surface area contributed by atoms with Crippen LogP contribution in [0.2, 0.25) is 0 Å². The molecule has 0 radical (unpaired) electrons. The van der Waals surface area contributed by atoms with Crippen LogP contribution < -0.4 is 19.5 Å². The summed E-state index contributed by atoms with van der Waals surface area (Å²) < 4.78 is 21.0. The zero-order chi connectivity index (χ0) is 20.5. The van der Waals surface area contributed by atoms with Crippen molar-refractivity contribution in [2.75, 3.05) is 27.4 Å². The second-order valence-corrected chi connectivity index (χ2v) is 6.11. The molecule has 0 aliphatic heterocycles. The number of methoxy groups -OCH3 is 2. The molecule has 3 aromatic rings. The molecule has 0 fully saturated rings. The summed E-state index contributed by atoms with van der Waals surface area (Å²) in [5, 5.41) is 6.76. The minimum Gasteiger partial charge on any atom is -0.497 e. The van der Waals surface area contributed by atoms with Crippen LogP contribution in [0.25, 0.3) is 11.4 Å². The maximum Gasteiger partial charge on any atom is 0.227 e. The van der Waals surface area contributed by atoms with Crippen molar-refractivity contribution in [1.29, 1.82) is 0 Å². The van der Waals surface area contributed by atoms with Crippen LogP contribution >= 0.6 is 0 Å². The minimum atomic E-state index is -0.104. The van der Waals surface area contributed by atoms with Gasteiger partial charge in [0, 0.05) is 18.4 Å². The van der Waals surface area contributed by atoms with E-state index in [-0.39, 0.29) is 12.3 Å². The van der Waals surface area contributed by atoms with E-state index >= 15 is 0 Å². The van der Waals surface area contributed by atoms with Crippen molar-refractivity contribution in [3.05, 3.63) is 54.4 Å². The van der Waals surface area contributed by atoms with Crippen molar-refractivity contribution in [3.63, 3.8) is 0 Å². The summed E-state index contributed by atoms with van der Waals surface area (Å²) in [4.78, 5) is 16.3. The normalized spacial score (nSPS) is 10.4. The summed E-state index contributed by atoms with van der Waals surface area (Å²) in [5.74, 6) is 3.04. The zero-order valence-corrected chi connectivity index (χ0v) is 16.4. The highest BCUT2D eigenvalue weighted by Gasteiger charge is 2.11. The Hall–Kier alpha value is -3.55. The molecule has 0 aliphatic carbocycles. The number of hydrogen-bond donors (Lipinski definition) is 1. The maximum absolute atomic E-state index is 12.0. The van der Waals surface area contributed by atoms with Gasteiger partial charge in [-0.1, -0.05) is 5.16 Å². The Morgan fingerprint density at radius 2 is 1.59 bits per heavy atom. The molecule has 1 amide bonds. The average Bonchev–Trinajstić information content (AvgIpc) is 3.25. The van der Waals surface area contributed by atoms with E-state index in [1.54, 1.807) is 14.2 Å². The molecule has 2 aromatic carbocycles. The number of ether oxygens (including phenoxy) is 3. The number of nitrogens with zero attached hydrogens (tertiary/aromatic N) is 2. The van der Waals surface area contributed by atoms with Gasteiger partial charge < -0.3 is 24.1 Å². The van der Waals surface area contributed by atoms with E-state index < -0.39 is 0 Å². The Labute approximate surface area is 168 Å². The second-order valence-electron chi connectivity index (χ2n) is 6.11. The third-order valence-corrected chi connectivity index (χ3v) is 4.13. The van der Waals surface area contributed by atoms with Crippen molar-refractivity contribution < 1.29 is 23.5 Å². The van der Waals surface area contributed by atoms with Crippen LogP contribution in [0.5, 0.6) is 17.2 Å². The molecular formula is C21H23N3O5. The van der Waals surface area contributed by atoms with Gasteiger partial charge in [-0.2, -0.15) is 4.98 Å². The molecule has 0 aliphatic rings. The molecule has 1 heterocycles. The number of amides is 1. The third kappa shape index (κ3) is 5.97. The van der Waals surface area contributed by atoms with Gasteiger partial charge in [-0.3, -0.25) is 4.79 Å². The van der Waals surface area contributed by atoms with Crippen molar-refractivity contribution in [3.8, 4) is 28.6 Å². The Balaban J connectivity index is 1.37. The van der Waals surface area contributed by atoms with Gasteiger partial charge in [0.05, 0.1) is 20.8 Å². The standard InChI is InChI=1S/C21H23N3O5/c1-26-16-5-3-15(4-6-16)21-23-20(29-24-21)12-11-19(25)22-13-14-28-18-9-7-17(27-2)8-10-18/h3-10H,11-14H2,1-2H3,(H,22,25). The summed E-state index contributed by atoms with van der Waals surface area (Å²) in [5.41, 5.74) is 0.820. The number of carbonyl (C=O) groups is 1. The van der Waals surface area contributed by atoms with Gasteiger partial charge in [-0.15, -0.1) is 0 Å². The molecule has 29 heavy (non-hydrogen) atoms. The lowest BCUT2D eigenvalue weighted by Crippen LogP contribution is -2.28. The third-order valence-electron chi connectivity index (χ3n) is 4.13. The minimum absolute atomic E-state index is 0.104. The molecule has 0 unspecified atom stereocenters. The highest BCUT2D eigenvalue weighted by atomic mass is 16.5. The van der Waals surface area contributed by atoms with E-state index in [0.29, 0.717) is 31.3 Å². The zero-order valence-electron chi connectivity index (χ0n) is 16.4. The predicted molar refractivity (Wildman–Crippen MR) is 106 cm³/mol. The molecule has 0 saturated carbocycles. The van der Waals surface area contributed by atoms with Gasteiger partial charge in [0.2, 0.25) is 17.6 Å². The topological polar surface area (TPSA) is 95.7 Å². The Kier molecular flexibility index (Phi) is 7.05.